The highest BCUT2D eigenvalue weighted by atomic mass is 32.1. The maximum atomic E-state index is 5.16. The number of thiophene rings is 1. The summed E-state index contributed by atoms with van der Waals surface area (Å²) in [6.45, 7) is 1.03. The monoisotopic (exact) mass is 386 g/mol. The Hall–Kier alpha value is -3.12. The number of rotatable bonds is 3. The minimum atomic E-state index is 0.636. The Kier molecular flexibility index (Phi) is 3.37. The van der Waals surface area contributed by atoms with E-state index in [0.29, 0.717) is 5.88 Å². The van der Waals surface area contributed by atoms with E-state index in [9.17, 15) is 0 Å². The molecule has 6 heteroatoms. The molecule has 0 fully saturated rings. The molecule has 1 aromatic carbocycles. The van der Waals surface area contributed by atoms with Crippen LogP contribution in [0, 0.1) is 0 Å². The van der Waals surface area contributed by atoms with Gasteiger partial charge in [0.2, 0.25) is 5.88 Å². The molecule has 0 bridgehead atoms. The van der Waals surface area contributed by atoms with Crippen molar-refractivity contribution >= 4 is 17.0 Å². The van der Waals surface area contributed by atoms with Gasteiger partial charge in [-0.1, -0.05) is 12.1 Å². The number of methoxy groups -OCH3 is 1. The van der Waals surface area contributed by atoms with E-state index in [1.807, 2.05) is 23.6 Å². The van der Waals surface area contributed by atoms with Gasteiger partial charge in [-0.05, 0) is 30.2 Å². The molecule has 138 valence electrons. The molecule has 2 aliphatic rings. The van der Waals surface area contributed by atoms with Crippen LogP contribution in [-0.2, 0) is 12.8 Å². The van der Waals surface area contributed by atoms with E-state index in [1.165, 1.54) is 37.7 Å². The van der Waals surface area contributed by atoms with Crippen molar-refractivity contribution in [1.29, 1.82) is 0 Å². The summed E-state index contributed by atoms with van der Waals surface area (Å²) in [5.74, 6) is 0.636. The van der Waals surface area contributed by atoms with Crippen molar-refractivity contribution in [3.8, 4) is 38.8 Å². The topological polar surface area (TPSA) is 62.8 Å². The number of aromatic nitrogens is 3. The fourth-order valence-corrected chi connectivity index (χ4v) is 5.33. The summed E-state index contributed by atoms with van der Waals surface area (Å²) in [4.78, 5) is 6.94. The third-order valence-corrected chi connectivity index (χ3v) is 6.79. The van der Waals surface area contributed by atoms with Gasteiger partial charge in [0.05, 0.1) is 18.5 Å². The summed E-state index contributed by atoms with van der Waals surface area (Å²) >= 11 is 1.83. The van der Waals surface area contributed by atoms with Gasteiger partial charge in [0, 0.05) is 62.9 Å². The van der Waals surface area contributed by atoms with Gasteiger partial charge < -0.3 is 10.1 Å². The number of H-pyrrole nitrogens is 1. The average molecular weight is 386 g/mol. The Bertz CT molecular complexity index is 1210. The molecule has 0 radical (unpaired) electrons. The van der Waals surface area contributed by atoms with Gasteiger partial charge in [0.25, 0.3) is 0 Å². The zero-order chi connectivity index (χ0) is 18.7. The molecule has 0 spiro atoms. The fraction of sp³-hybridized carbons (Fsp3) is 0.182. The summed E-state index contributed by atoms with van der Waals surface area (Å²) in [7, 11) is 1.64. The molecule has 0 unspecified atom stereocenters. The number of pyridine rings is 1. The largest absolute Gasteiger partial charge is 0.481 e. The number of nitrogens with zero attached hydrogens (tertiary/aromatic N) is 2. The first-order chi connectivity index (χ1) is 13.8. The van der Waals surface area contributed by atoms with Crippen molar-refractivity contribution in [3.05, 3.63) is 58.6 Å². The van der Waals surface area contributed by atoms with Crippen molar-refractivity contribution in [1.82, 2.24) is 15.2 Å². The third-order valence-electron chi connectivity index (χ3n) is 5.61. The predicted molar refractivity (Wildman–Crippen MR) is 112 cm³/mol. The standard InChI is InChI=1S/C22H18N4OS/c1-27-20-5-4-14(11-24-20)18-9-15-19(28-18)10-16-21(25-26-22(15)16)13-3-2-12-6-7-23-17(12)8-13/h2-5,8-9,11,23H,6-7,10H2,1H3,(H,25,26). The minimum absolute atomic E-state index is 0.636. The molecule has 2 N–H and O–H groups in total. The third kappa shape index (κ3) is 2.31. The first-order valence-corrected chi connectivity index (χ1v) is 10.2. The number of fused-ring (bicyclic) bond motifs is 4. The molecule has 1 aliphatic heterocycles. The first-order valence-electron chi connectivity index (χ1n) is 9.38. The smallest absolute Gasteiger partial charge is 0.212 e. The summed E-state index contributed by atoms with van der Waals surface area (Å²) in [6, 6.07) is 12.9. The lowest BCUT2D eigenvalue weighted by Gasteiger charge is -2.04. The summed E-state index contributed by atoms with van der Waals surface area (Å²) in [6.07, 6.45) is 3.90. The number of hydrogen-bond donors (Lipinski definition) is 2. The first kappa shape index (κ1) is 15.9. The summed E-state index contributed by atoms with van der Waals surface area (Å²) < 4.78 is 5.16. The van der Waals surface area contributed by atoms with Gasteiger partial charge in [-0.2, -0.15) is 5.10 Å². The number of hydrogen-bond acceptors (Lipinski definition) is 5. The van der Waals surface area contributed by atoms with E-state index in [2.05, 4.69) is 50.8 Å². The maximum Gasteiger partial charge on any atom is 0.212 e. The van der Waals surface area contributed by atoms with Gasteiger partial charge in [-0.25, -0.2) is 4.98 Å². The molecule has 0 amide bonds. The number of aromatic amines is 1. The second-order valence-corrected chi connectivity index (χ2v) is 8.32. The highest BCUT2D eigenvalue weighted by molar-refractivity contribution is 7.16. The zero-order valence-electron chi connectivity index (χ0n) is 15.4. The van der Waals surface area contributed by atoms with Crippen LogP contribution in [0.1, 0.15) is 16.0 Å². The molecule has 6 rings (SSSR count). The summed E-state index contributed by atoms with van der Waals surface area (Å²) in [5.41, 5.74) is 9.74. The van der Waals surface area contributed by atoms with E-state index in [-0.39, 0.29) is 0 Å². The quantitative estimate of drug-likeness (QED) is 0.470. The summed E-state index contributed by atoms with van der Waals surface area (Å²) in [5, 5.41) is 11.4. The molecule has 1 aliphatic carbocycles. The molecule has 5 nitrogen and oxygen atoms in total. The average Bonchev–Trinajstić information content (AvgIpc) is 3.48. The van der Waals surface area contributed by atoms with Crippen LogP contribution >= 0.6 is 11.3 Å². The lowest BCUT2D eigenvalue weighted by Crippen LogP contribution is -1.91. The maximum absolute atomic E-state index is 5.16. The van der Waals surface area contributed by atoms with Gasteiger partial charge in [0.1, 0.15) is 0 Å². The van der Waals surface area contributed by atoms with Gasteiger partial charge >= 0.3 is 0 Å². The normalized spacial score (nSPS) is 13.8. The fourth-order valence-electron chi connectivity index (χ4n) is 4.16. The minimum Gasteiger partial charge on any atom is -0.481 e. The zero-order valence-corrected chi connectivity index (χ0v) is 16.2. The highest BCUT2D eigenvalue weighted by Gasteiger charge is 2.28. The van der Waals surface area contributed by atoms with Crippen molar-refractivity contribution in [3.63, 3.8) is 0 Å². The van der Waals surface area contributed by atoms with Crippen molar-refractivity contribution < 1.29 is 4.74 Å². The molecular weight excluding hydrogens is 368 g/mol. The lowest BCUT2D eigenvalue weighted by molar-refractivity contribution is 0.398. The molecular formula is C22H18N4OS. The Morgan fingerprint density at radius 2 is 2.04 bits per heavy atom. The molecule has 3 aromatic heterocycles. The van der Waals surface area contributed by atoms with E-state index in [0.717, 1.165) is 36.3 Å². The van der Waals surface area contributed by atoms with Crippen LogP contribution in [0.2, 0.25) is 0 Å². The van der Waals surface area contributed by atoms with Gasteiger partial charge in [0.15, 0.2) is 0 Å². The molecule has 28 heavy (non-hydrogen) atoms. The van der Waals surface area contributed by atoms with E-state index in [4.69, 9.17) is 4.74 Å². The van der Waals surface area contributed by atoms with Crippen molar-refractivity contribution in [2.45, 2.75) is 12.8 Å². The second-order valence-electron chi connectivity index (χ2n) is 7.19. The van der Waals surface area contributed by atoms with E-state index in [1.54, 1.807) is 7.11 Å². The molecule has 0 saturated heterocycles. The Morgan fingerprint density at radius 3 is 2.89 bits per heavy atom. The Morgan fingerprint density at radius 1 is 1.11 bits per heavy atom. The number of anilines is 1. The molecule has 0 atom stereocenters. The van der Waals surface area contributed by atoms with Crippen LogP contribution in [0.25, 0.3) is 33.0 Å². The van der Waals surface area contributed by atoms with Crippen molar-refractivity contribution in [2.75, 3.05) is 19.0 Å². The number of nitrogens with one attached hydrogen (secondary N) is 2. The van der Waals surface area contributed by atoms with Gasteiger partial charge in [-0.3, -0.25) is 5.10 Å². The van der Waals surface area contributed by atoms with Crippen LogP contribution in [-0.4, -0.2) is 28.8 Å². The van der Waals surface area contributed by atoms with Crippen LogP contribution in [0.15, 0.2) is 42.6 Å². The predicted octanol–water partition coefficient (Wildman–Crippen LogP) is 4.75. The Balaban J connectivity index is 1.37. The van der Waals surface area contributed by atoms with Crippen LogP contribution in [0.4, 0.5) is 5.69 Å². The molecule has 4 heterocycles. The molecule has 0 saturated carbocycles. The van der Waals surface area contributed by atoms with Crippen LogP contribution in [0.5, 0.6) is 5.88 Å². The number of ether oxygens (including phenoxy) is 1. The highest BCUT2D eigenvalue weighted by Crippen LogP contribution is 2.46. The van der Waals surface area contributed by atoms with Gasteiger partial charge in [-0.15, -0.1) is 11.3 Å². The lowest BCUT2D eigenvalue weighted by atomic mass is 10.0. The van der Waals surface area contributed by atoms with Crippen molar-refractivity contribution in [2.24, 2.45) is 0 Å². The van der Waals surface area contributed by atoms with Crippen LogP contribution in [0.3, 0.4) is 0 Å². The number of benzene rings is 1. The van der Waals surface area contributed by atoms with E-state index >= 15 is 0 Å². The second kappa shape index (κ2) is 5.94. The van der Waals surface area contributed by atoms with Crippen LogP contribution < -0.4 is 10.1 Å². The van der Waals surface area contributed by atoms with E-state index < -0.39 is 0 Å². The molecule has 4 aromatic rings. The Labute approximate surface area is 166 Å². The SMILES string of the molecule is COc1ccc(-c2cc3c(s2)Cc2c(-c4ccc5c(c4)NCC5)n[nH]c2-3)cn1.